The quantitative estimate of drug-likeness (QED) is 0.705. The van der Waals surface area contributed by atoms with Gasteiger partial charge in [-0.15, -0.1) is 0 Å². The lowest BCUT2D eigenvalue weighted by atomic mass is 10.1. The molecule has 2 N–H and O–H groups in total. The molecule has 0 aliphatic carbocycles. The first-order chi connectivity index (χ1) is 13.2. The summed E-state index contributed by atoms with van der Waals surface area (Å²) in [5.74, 6) is -0.158. The van der Waals surface area contributed by atoms with Crippen LogP contribution in [0.5, 0.6) is 0 Å². The Balaban J connectivity index is 2.01. The monoisotopic (exact) mass is 403 g/mol. The molecule has 0 aliphatic rings. The molecule has 7 heteroatoms. The van der Waals surface area contributed by atoms with Gasteiger partial charge in [0.1, 0.15) is 0 Å². The van der Waals surface area contributed by atoms with Gasteiger partial charge in [-0.3, -0.25) is 4.79 Å². The zero-order chi connectivity index (χ0) is 20.9. The summed E-state index contributed by atoms with van der Waals surface area (Å²) in [6.07, 6.45) is 0. The Morgan fingerprint density at radius 1 is 0.964 bits per heavy atom. The van der Waals surface area contributed by atoms with Crippen LogP contribution in [-0.2, 0) is 14.8 Å². The SMILES string of the molecule is CCN(CC)S(=O)(=O)c1ccc(NCC(=O)Nc2c(C)cc(C)cc2C)cc1. The Kier molecular flexibility index (Phi) is 7.21. The molecule has 0 fully saturated rings. The second kappa shape index (κ2) is 9.21. The number of sulfonamides is 1. The van der Waals surface area contributed by atoms with Crippen molar-refractivity contribution in [1.29, 1.82) is 0 Å². The Morgan fingerprint density at radius 2 is 1.50 bits per heavy atom. The Bertz CT molecular complexity index is 911. The minimum absolute atomic E-state index is 0.0922. The van der Waals surface area contributed by atoms with Crippen LogP contribution in [0.25, 0.3) is 0 Å². The highest BCUT2D eigenvalue weighted by Gasteiger charge is 2.21. The number of nitrogens with zero attached hydrogens (tertiary/aromatic N) is 1. The number of hydrogen-bond acceptors (Lipinski definition) is 4. The van der Waals surface area contributed by atoms with E-state index in [1.807, 2.05) is 46.8 Å². The van der Waals surface area contributed by atoms with E-state index in [4.69, 9.17) is 0 Å². The van der Waals surface area contributed by atoms with Crippen LogP contribution in [-0.4, -0.2) is 38.3 Å². The van der Waals surface area contributed by atoms with Crippen LogP contribution in [0, 0.1) is 20.8 Å². The van der Waals surface area contributed by atoms with Gasteiger partial charge in [0.2, 0.25) is 15.9 Å². The Hall–Kier alpha value is -2.38. The van der Waals surface area contributed by atoms with Gasteiger partial charge in [0.05, 0.1) is 11.4 Å². The molecule has 0 bridgehead atoms. The Morgan fingerprint density at radius 3 is 2.00 bits per heavy atom. The van der Waals surface area contributed by atoms with Gasteiger partial charge >= 0.3 is 0 Å². The molecule has 0 aliphatic heterocycles. The van der Waals surface area contributed by atoms with E-state index in [0.717, 1.165) is 22.4 Å². The summed E-state index contributed by atoms with van der Waals surface area (Å²) >= 11 is 0. The fraction of sp³-hybridized carbons (Fsp3) is 0.381. The number of anilines is 2. The molecule has 0 atom stereocenters. The second-order valence-corrected chi connectivity index (χ2v) is 8.73. The van der Waals surface area contributed by atoms with Gasteiger partial charge in [-0.25, -0.2) is 8.42 Å². The molecular weight excluding hydrogens is 374 g/mol. The van der Waals surface area contributed by atoms with Gasteiger partial charge in [0.25, 0.3) is 0 Å². The summed E-state index contributed by atoms with van der Waals surface area (Å²) in [6, 6.07) is 10.5. The third kappa shape index (κ3) is 5.11. The third-order valence-corrected chi connectivity index (χ3v) is 6.66. The fourth-order valence-electron chi connectivity index (χ4n) is 3.20. The van der Waals surface area contributed by atoms with Crippen molar-refractivity contribution >= 4 is 27.3 Å². The van der Waals surface area contributed by atoms with Crippen molar-refractivity contribution in [1.82, 2.24) is 4.31 Å². The maximum atomic E-state index is 12.5. The van der Waals surface area contributed by atoms with Crippen LogP contribution < -0.4 is 10.6 Å². The summed E-state index contributed by atoms with van der Waals surface area (Å²) in [5, 5.41) is 5.97. The van der Waals surface area contributed by atoms with E-state index in [2.05, 4.69) is 10.6 Å². The van der Waals surface area contributed by atoms with E-state index in [0.29, 0.717) is 18.8 Å². The number of carbonyl (C=O) groups is 1. The minimum atomic E-state index is -3.48. The lowest BCUT2D eigenvalue weighted by molar-refractivity contribution is -0.114. The van der Waals surface area contributed by atoms with Crippen LogP contribution in [0.2, 0.25) is 0 Å². The van der Waals surface area contributed by atoms with Crippen molar-refractivity contribution in [2.24, 2.45) is 0 Å². The highest BCUT2D eigenvalue weighted by molar-refractivity contribution is 7.89. The van der Waals surface area contributed by atoms with Gasteiger partial charge in [0.15, 0.2) is 0 Å². The van der Waals surface area contributed by atoms with E-state index < -0.39 is 10.0 Å². The summed E-state index contributed by atoms with van der Waals surface area (Å²) in [4.78, 5) is 12.5. The number of amides is 1. The normalized spacial score (nSPS) is 11.5. The fourth-order valence-corrected chi connectivity index (χ4v) is 4.66. The largest absolute Gasteiger partial charge is 0.376 e. The van der Waals surface area contributed by atoms with Crippen molar-refractivity contribution in [3.63, 3.8) is 0 Å². The maximum Gasteiger partial charge on any atom is 0.243 e. The topological polar surface area (TPSA) is 78.5 Å². The molecule has 2 rings (SSSR count). The summed E-state index contributed by atoms with van der Waals surface area (Å²) < 4.78 is 26.4. The first kappa shape index (κ1) is 21.9. The van der Waals surface area contributed by atoms with Gasteiger partial charge in [-0.2, -0.15) is 4.31 Å². The van der Waals surface area contributed by atoms with Crippen molar-refractivity contribution in [3.8, 4) is 0 Å². The van der Waals surface area contributed by atoms with E-state index >= 15 is 0 Å². The molecule has 0 unspecified atom stereocenters. The van der Waals surface area contributed by atoms with Crippen molar-refractivity contribution in [2.45, 2.75) is 39.5 Å². The molecule has 0 saturated heterocycles. The van der Waals surface area contributed by atoms with Crippen LogP contribution in [0.4, 0.5) is 11.4 Å². The molecule has 2 aromatic carbocycles. The first-order valence-electron chi connectivity index (χ1n) is 9.40. The van der Waals surface area contributed by atoms with Crippen LogP contribution in [0.1, 0.15) is 30.5 Å². The maximum absolute atomic E-state index is 12.5. The molecule has 1 amide bonds. The summed E-state index contributed by atoms with van der Waals surface area (Å²) in [7, 11) is -3.48. The molecule has 0 heterocycles. The third-order valence-electron chi connectivity index (χ3n) is 4.59. The smallest absolute Gasteiger partial charge is 0.243 e. The zero-order valence-electron chi connectivity index (χ0n) is 17.2. The van der Waals surface area contributed by atoms with Crippen LogP contribution in [0.15, 0.2) is 41.3 Å². The molecule has 152 valence electrons. The van der Waals surface area contributed by atoms with Crippen molar-refractivity contribution < 1.29 is 13.2 Å². The molecule has 0 radical (unpaired) electrons. The molecule has 6 nitrogen and oxygen atoms in total. The van der Waals surface area contributed by atoms with Gasteiger partial charge in [0, 0.05) is 24.5 Å². The minimum Gasteiger partial charge on any atom is -0.376 e. The molecular formula is C21H29N3O3S. The molecule has 0 saturated carbocycles. The zero-order valence-corrected chi connectivity index (χ0v) is 18.0. The Labute approximate surface area is 168 Å². The number of carbonyl (C=O) groups excluding carboxylic acids is 1. The van der Waals surface area contributed by atoms with E-state index in [9.17, 15) is 13.2 Å². The lowest BCUT2D eigenvalue weighted by Crippen LogP contribution is -2.30. The number of aryl methyl sites for hydroxylation is 3. The molecule has 0 aromatic heterocycles. The molecule has 2 aromatic rings. The molecule has 0 spiro atoms. The van der Waals surface area contributed by atoms with Crippen LogP contribution in [0.3, 0.4) is 0 Å². The predicted octanol–water partition coefficient (Wildman–Crippen LogP) is 3.69. The number of benzene rings is 2. The van der Waals surface area contributed by atoms with E-state index in [1.165, 1.54) is 4.31 Å². The van der Waals surface area contributed by atoms with E-state index in [-0.39, 0.29) is 17.3 Å². The number of nitrogens with one attached hydrogen (secondary N) is 2. The van der Waals surface area contributed by atoms with Gasteiger partial charge < -0.3 is 10.6 Å². The lowest BCUT2D eigenvalue weighted by Gasteiger charge is -2.18. The average Bonchev–Trinajstić information content (AvgIpc) is 2.64. The first-order valence-corrected chi connectivity index (χ1v) is 10.8. The molecule has 28 heavy (non-hydrogen) atoms. The van der Waals surface area contributed by atoms with Crippen molar-refractivity contribution in [3.05, 3.63) is 53.1 Å². The standard InChI is InChI=1S/C21H29N3O3S/c1-6-24(7-2)28(26,27)19-10-8-18(9-11-19)22-14-20(25)23-21-16(4)12-15(3)13-17(21)5/h8-13,22H,6-7,14H2,1-5H3,(H,23,25). The van der Waals surface area contributed by atoms with E-state index in [1.54, 1.807) is 24.3 Å². The summed E-state index contributed by atoms with van der Waals surface area (Å²) in [6.45, 7) is 10.5. The highest BCUT2D eigenvalue weighted by Crippen LogP contribution is 2.22. The van der Waals surface area contributed by atoms with Crippen LogP contribution >= 0.6 is 0 Å². The predicted molar refractivity (Wildman–Crippen MR) is 114 cm³/mol. The second-order valence-electron chi connectivity index (χ2n) is 6.79. The van der Waals surface area contributed by atoms with Gasteiger partial charge in [-0.1, -0.05) is 31.5 Å². The average molecular weight is 404 g/mol. The summed E-state index contributed by atoms with van der Waals surface area (Å²) in [5.41, 5.74) is 4.73. The number of rotatable bonds is 8. The number of hydrogen-bond donors (Lipinski definition) is 2. The van der Waals surface area contributed by atoms with Gasteiger partial charge in [-0.05, 0) is 56.2 Å². The highest BCUT2D eigenvalue weighted by atomic mass is 32.2. The van der Waals surface area contributed by atoms with Crippen molar-refractivity contribution in [2.75, 3.05) is 30.3 Å².